The minimum atomic E-state index is -0.228. The van der Waals surface area contributed by atoms with Crippen LogP contribution in [-0.2, 0) is 10.7 Å². The van der Waals surface area contributed by atoms with Crippen LogP contribution in [0.3, 0.4) is 0 Å². The van der Waals surface area contributed by atoms with E-state index in [1.165, 1.54) is 12.8 Å². The molecule has 1 saturated carbocycles. The molecule has 1 aliphatic carbocycles. The van der Waals surface area contributed by atoms with Gasteiger partial charge in [0.2, 0.25) is 0 Å². The Labute approximate surface area is 121 Å². The largest absolute Gasteiger partial charge is 0.398 e. The molecular weight excluding hydrogens is 280 g/mol. The molecule has 0 aromatic heterocycles. The molecule has 1 aliphatic rings. The van der Waals surface area contributed by atoms with Crippen LogP contribution in [0.15, 0.2) is 16.5 Å². The smallest absolute Gasteiger partial charge is 0.285 e. The summed E-state index contributed by atoms with van der Waals surface area (Å²) in [6.45, 7) is 3.93. The van der Waals surface area contributed by atoms with Gasteiger partial charge in [0.15, 0.2) is 0 Å². The molecule has 1 aromatic carbocycles. The summed E-state index contributed by atoms with van der Waals surface area (Å²) in [4.78, 5) is 12.2. The van der Waals surface area contributed by atoms with Gasteiger partial charge in [0, 0.05) is 22.2 Å². The highest BCUT2D eigenvalue weighted by atomic mass is 35.5. The van der Waals surface area contributed by atoms with Crippen molar-refractivity contribution in [2.24, 2.45) is 10.3 Å². The van der Waals surface area contributed by atoms with Gasteiger partial charge in [-0.1, -0.05) is 29.2 Å². The van der Waals surface area contributed by atoms with E-state index in [2.05, 4.69) is 11.3 Å². The normalized spacial score (nSPS) is 16.6. The van der Waals surface area contributed by atoms with Crippen LogP contribution in [0.25, 0.3) is 0 Å². The SMILES string of the molecule is CC/S(CC1CC1)=N\C(=O)c1cc(Cl)cc(C)c1N. The van der Waals surface area contributed by atoms with E-state index >= 15 is 0 Å². The van der Waals surface area contributed by atoms with E-state index in [9.17, 15) is 4.79 Å². The molecule has 1 amide bonds. The summed E-state index contributed by atoms with van der Waals surface area (Å²) in [5, 5.41) is 0.531. The first-order valence-electron chi connectivity index (χ1n) is 6.50. The fraction of sp³-hybridized carbons (Fsp3) is 0.500. The lowest BCUT2D eigenvalue weighted by molar-refractivity contribution is 0.101. The maximum absolute atomic E-state index is 12.2. The van der Waals surface area contributed by atoms with Gasteiger partial charge < -0.3 is 5.73 Å². The molecule has 0 radical (unpaired) electrons. The second-order valence-electron chi connectivity index (χ2n) is 4.94. The summed E-state index contributed by atoms with van der Waals surface area (Å²) in [5.41, 5.74) is 7.70. The molecule has 0 heterocycles. The lowest BCUT2D eigenvalue weighted by Gasteiger charge is -2.08. The quantitative estimate of drug-likeness (QED) is 0.863. The van der Waals surface area contributed by atoms with E-state index in [-0.39, 0.29) is 16.6 Å². The molecule has 1 fully saturated rings. The van der Waals surface area contributed by atoms with Crippen molar-refractivity contribution in [3.63, 3.8) is 0 Å². The van der Waals surface area contributed by atoms with E-state index < -0.39 is 0 Å². The number of benzene rings is 1. The Balaban J connectivity index is 2.25. The third-order valence-electron chi connectivity index (χ3n) is 3.25. The first-order valence-corrected chi connectivity index (χ1v) is 8.40. The molecule has 2 N–H and O–H groups in total. The molecule has 5 heteroatoms. The number of halogens is 1. The molecule has 1 aromatic rings. The summed E-state index contributed by atoms with van der Waals surface area (Å²) < 4.78 is 4.34. The first-order chi connectivity index (χ1) is 9.01. The van der Waals surface area contributed by atoms with Gasteiger partial charge in [-0.2, -0.15) is 4.36 Å². The van der Waals surface area contributed by atoms with Crippen LogP contribution in [-0.4, -0.2) is 17.4 Å². The van der Waals surface area contributed by atoms with Crippen molar-refractivity contribution in [3.8, 4) is 0 Å². The van der Waals surface area contributed by atoms with E-state index in [4.69, 9.17) is 17.3 Å². The molecule has 0 spiro atoms. The molecule has 1 unspecified atom stereocenters. The number of carbonyl (C=O) groups excluding carboxylic acids is 1. The van der Waals surface area contributed by atoms with Gasteiger partial charge in [0.25, 0.3) is 5.91 Å². The van der Waals surface area contributed by atoms with E-state index in [1.54, 1.807) is 12.1 Å². The number of hydrogen-bond donors (Lipinski definition) is 1. The zero-order chi connectivity index (χ0) is 14.0. The van der Waals surface area contributed by atoms with Gasteiger partial charge in [-0.25, -0.2) is 0 Å². The number of amides is 1. The van der Waals surface area contributed by atoms with E-state index in [0.717, 1.165) is 23.0 Å². The van der Waals surface area contributed by atoms with Crippen molar-refractivity contribution in [2.75, 3.05) is 17.2 Å². The molecule has 3 nitrogen and oxygen atoms in total. The standard InChI is InChI=1S/C14H19ClN2OS/c1-3-19(8-10-4-5-10)17-14(18)12-7-11(15)6-9(2)13(12)16/h6-7,10H,3-5,8,16H2,1-2H3. The number of anilines is 1. The van der Waals surface area contributed by atoms with Crippen molar-refractivity contribution in [1.29, 1.82) is 0 Å². The van der Waals surface area contributed by atoms with E-state index in [1.807, 2.05) is 6.92 Å². The molecule has 104 valence electrons. The van der Waals surface area contributed by atoms with Gasteiger partial charge in [-0.05, 0) is 43.4 Å². The Morgan fingerprint density at radius 1 is 1.53 bits per heavy atom. The Morgan fingerprint density at radius 3 is 2.79 bits per heavy atom. The predicted octanol–water partition coefficient (Wildman–Crippen LogP) is 3.60. The highest BCUT2D eigenvalue weighted by molar-refractivity contribution is 7.87. The minimum Gasteiger partial charge on any atom is -0.398 e. The average molecular weight is 299 g/mol. The number of nitrogens with zero attached hydrogens (tertiary/aromatic N) is 1. The Bertz CT molecular complexity index is 538. The number of carbonyl (C=O) groups is 1. The second-order valence-corrected chi connectivity index (χ2v) is 7.40. The summed E-state index contributed by atoms with van der Waals surface area (Å²) in [7, 11) is -0.174. The summed E-state index contributed by atoms with van der Waals surface area (Å²) in [6, 6.07) is 3.38. The van der Waals surface area contributed by atoms with Gasteiger partial charge in [0.05, 0.1) is 5.56 Å². The van der Waals surface area contributed by atoms with Crippen LogP contribution in [0.1, 0.15) is 35.7 Å². The topological polar surface area (TPSA) is 55.5 Å². The highest BCUT2D eigenvalue weighted by Gasteiger charge is 2.23. The van der Waals surface area contributed by atoms with Crippen molar-refractivity contribution < 1.29 is 4.79 Å². The van der Waals surface area contributed by atoms with Crippen molar-refractivity contribution in [2.45, 2.75) is 26.7 Å². The van der Waals surface area contributed by atoms with Crippen LogP contribution in [0.5, 0.6) is 0 Å². The average Bonchev–Trinajstić information content (AvgIpc) is 3.16. The van der Waals surface area contributed by atoms with Gasteiger partial charge >= 0.3 is 0 Å². The lowest BCUT2D eigenvalue weighted by Crippen LogP contribution is -2.08. The van der Waals surface area contributed by atoms with Crippen LogP contribution in [0.2, 0.25) is 5.02 Å². The fourth-order valence-electron chi connectivity index (χ4n) is 1.87. The predicted molar refractivity (Wildman–Crippen MR) is 82.9 cm³/mol. The third-order valence-corrected chi connectivity index (χ3v) is 5.42. The minimum absolute atomic E-state index is 0.174. The first kappa shape index (κ1) is 14.5. The monoisotopic (exact) mass is 298 g/mol. The van der Waals surface area contributed by atoms with Gasteiger partial charge in [-0.3, -0.25) is 4.79 Å². The van der Waals surface area contributed by atoms with Crippen LogP contribution < -0.4 is 5.73 Å². The highest BCUT2D eigenvalue weighted by Crippen LogP contribution is 2.30. The number of nitrogens with two attached hydrogens (primary N) is 1. The van der Waals surface area contributed by atoms with Crippen molar-refractivity contribution >= 4 is 33.9 Å². The van der Waals surface area contributed by atoms with Crippen LogP contribution >= 0.6 is 11.6 Å². The summed E-state index contributed by atoms with van der Waals surface area (Å²) >= 11 is 5.98. The zero-order valence-corrected chi connectivity index (χ0v) is 12.9. The molecule has 0 bridgehead atoms. The second kappa shape index (κ2) is 6.06. The third kappa shape index (κ3) is 3.80. The van der Waals surface area contributed by atoms with Crippen LogP contribution in [0.4, 0.5) is 5.69 Å². The Hall–Kier alpha value is -0.870. The summed E-state index contributed by atoms with van der Waals surface area (Å²) in [6.07, 6.45) is 2.57. The molecule has 19 heavy (non-hydrogen) atoms. The number of aryl methyl sites for hydroxylation is 1. The maximum atomic E-state index is 12.2. The molecule has 0 saturated heterocycles. The number of nitrogen functional groups attached to an aromatic ring is 1. The zero-order valence-electron chi connectivity index (χ0n) is 11.3. The Kier molecular flexibility index (Phi) is 4.63. The van der Waals surface area contributed by atoms with Crippen molar-refractivity contribution in [1.82, 2.24) is 0 Å². The van der Waals surface area contributed by atoms with Crippen LogP contribution in [0, 0.1) is 12.8 Å². The van der Waals surface area contributed by atoms with Gasteiger partial charge in [0.1, 0.15) is 0 Å². The number of rotatable bonds is 4. The van der Waals surface area contributed by atoms with Crippen molar-refractivity contribution in [3.05, 3.63) is 28.3 Å². The molecule has 2 rings (SSSR count). The molecular formula is C14H19ClN2OS. The lowest BCUT2D eigenvalue weighted by atomic mass is 10.1. The van der Waals surface area contributed by atoms with E-state index in [0.29, 0.717) is 16.3 Å². The Morgan fingerprint density at radius 2 is 2.21 bits per heavy atom. The molecule has 1 atom stereocenters. The van der Waals surface area contributed by atoms with Gasteiger partial charge in [-0.15, -0.1) is 0 Å². The maximum Gasteiger partial charge on any atom is 0.285 e. The summed E-state index contributed by atoms with van der Waals surface area (Å²) in [5.74, 6) is 2.51. The fourth-order valence-corrected chi connectivity index (χ4v) is 3.80. The molecule has 0 aliphatic heterocycles. The number of hydrogen-bond acceptors (Lipinski definition) is 2.